The van der Waals surface area contributed by atoms with Crippen molar-refractivity contribution in [1.29, 1.82) is 0 Å². The zero-order valence-corrected chi connectivity index (χ0v) is 30.3. The van der Waals surface area contributed by atoms with Crippen LogP contribution in [0.15, 0.2) is 113 Å². The van der Waals surface area contributed by atoms with Gasteiger partial charge in [-0.1, -0.05) is 69.7 Å². The van der Waals surface area contributed by atoms with Crippen molar-refractivity contribution in [1.82, 2.24) is 0 Å². The van der Waals surface area contributed by atoms with Crippen molar-refractivity contribution in [2.45, 2.75) is 72.4 Å². The highest BCUT2D eigenvalue weighted by Gasteiger charge is 2.67. The summed E-state index contributed by atoms with van der Waals surface area (Å²) in [4.78, 5) is 1.30. The smallest absolute Gasteiger partial charge is 0.417 e. The van der Waals surface area contributed by atoms with Gasteiger partial charge in [0.05, 0.1) is 10.3 Å². The molecule has 3 nitrogen and oxygen atoms in total. The molecule has 1 unspecified atom stereocenters. The van der Waals surface area contributed by atoms with E-state index in [1.807, 2.05) is 11.3 Å². The summed E-state index contributed by atoms with van der Waals surface area (Å²) in [6.45, 7) is 15.9. The molecular weight excluding hydrogens is 617 g/mol. The Morgan fingerprint density at radius 3 is 2.45 bits per heavy atom. The second-order valence-corrected chi connectivity index (χ2v) is 16.4. The highest BCUT2D eigenvalue weighted by atomic mass is 32.1. The van der Waals surface area contributed by atoms with Gasteiger partial charge >= 0.3 is 5.66 Å². The van der Waals surface area contributed by atoms with Crippen LogP contribution in [0.4, 0.5) is 0 Å². The topological polar surface area (TPSA) is 20.9 Å². The molecule has 242 valence electrons. The van der Waals surface area contributed by atoms with Gasteiger partial charge in [-0.25, -0.2) is 0 Å². The van der Waals surface area contributed by atoms with Gasteiger partial charge in [0.2, 0.25) is 11.4 Å². The third-order valence-corrected chi connectivity index (χ3v) is 11.7. The third-order valence-electron chi connectivity index (χ3n) is 10.6. The van der Waals surface area contributed by atoms with Crippen molar-refractivity contribution in [2.75, 3.05) is 0 Å². The maximum absolute atomic E-state index is 7.13. The van der Waals surface area contributed by atoms with Crippen LogP contribution in [0.2, 0.25) is 0 Å². The summed E-state index contributed by atoms with van der Waals surface area (Å²) in [6.07, 6.45) is 13.5. The van der Waals surface area contributed by atoms with Gasteiger partial charge in [-0.3, -0.25) is 0 Å². The van der Waals surface area contributed by atoms with Gasteiger partial charge in [-0.05, 0) is 92.4 Å². The number of nitrogens with zero attached hydrogens (tertiary/aromatic N) is 2. The normalized spacial score (nSPS) is 16.8. The molecule has 0 N–H and O–H groups in total. The molecule has 0 saturated heterocycles. The average Bonchev–Trinajstić information content (AvgIpc) is 3.79. The number of fused-ring (bicyclic) bond motifs is 16. The van der Waals surface area contributed by atoms with Crippen LogP contribution < -0.4 is 9.13 Å². The maximum Gasteiger partial charge on any atom is 0.417 e. The Kier molecular flexibility index (Phi) is 6.55. The first-order chi connectivity index (χ1) is 23.6. The molecule has 0 aliphatic carbocycles. The number of aromatic nitrogens is 2. The summed E-state index contributed by atoms with van der Waals surface area (Å²) >= 11 is 1.82. The second kappa shape index (κ2) is 10.6. The van der Waals surface area contributed by atoms with Gasteiger partial charge in [0, 0.05) is 38.9 Å². The van der Waals surface area contributed by atoms with Crippen LogP contribution in [0.3, 0.4) is 0 Å². The fraction of sp³-hybridized carbons (Fsp3) is 0.244. The molecule has 0 amide bonds. The molecular formula is C45H42N2OS+2. The highest BCUT2D eigenvalue weighted by Crippen LogP contribution is 2.51. The van der Waals surface area contributed by atoms with E-state index in [0.717, 1.165) is 24.0 Å². The number of aryl methyl sites for hydroxylation is 2. The molecule has 9 rings (SSSR count). The Hall–Kier alpha value is -4.80. The van der Waals surface area contributed by atoms with Gasteiger partial charge in [0.25, 0.3) is 0 Å². The number of hydrogen-bond acceptors (Lipinski definition) is 2. The summed E-state index contributed by atoms with van der Waals surface area (Å²) < 4.78 is 13.5. The predicted octanol–water partition coefficient (Wildman–Crippen LogP) is 11.0. The monoisotopic (exact) mass is 658 g/mol. The molecule has 49 heavy (non-hydrogen) atoms. The van der Waals surface area contributed by atoms with Gasteiger partial charge < -0.3 is 4.42 Å². The molecule has 7 aromatic rings. The van der Waals surface area contributed by atoms with Crippen molar-refractivity contribution < 1.29 is 13.6 Å². The van der Waals surface area contributed by atoms with Gasteiger partial charge in [0.15, 0.2) is 18.0 Å². The van der Waals surface area contributed by atoms with Gasteiger partial charge in [0.1, 0.15) is 22.3 Å². The lowest BCUT2D eigenvalue weighted by Crippen LogP contribution is -2.71. The number of rotatable bonds is 4. The molecule has 0 radical (unpaired) electrons. The van der Waals surface area contributed by atoms with Crippen LogP contribution >= 0.6 is 11.3 Å². The van der Waals surface area contributed by atoms with E-state index in [-0.39, 0.29) is 5.41 Å². The molecule has 0 saturated carbocycles. The minimum Gasteiger partial charge on any atom is -0.454 e. The van der Waals surface area contributed by atoms with E-state index in [2.05, 4.69) is 161 Å². The third kappa shape index (κ3) is 4.20. The van der Waals surface area contributed by atoms with Crippen molar-refractivity contribution in [3.8, 4) is 22.5 Å². The first kappa shape index (κ1) is 30.3. The van der Waals surface area contributed by atoms with Gasteiger partial charge in [-0.2, -0.15) is 0 Å². The highest BCUT2D eigenvalue weighted by molar-refractivity contribution is 7.20. The van der Waals surface area contributed by atoms with E-state index in [1.54, 1.807) is 0 Å². The fourth-order valence-corrected chi connectivity index (χ4v) is 9.55. The van der Waals surface area contributed by atoms with Crippen LogP contribution in [0.25, 0.3) is 54.5 Å². The zero-order valence-electron chi connectivity index (χ0n) is 29.4. The number of hydrogen-bond donors (Lipinski definition) is 0. The molecule has 2 aliphatic heterocycles. The summed E-state index contributed by atoms with van der Waals surface area (Å²) in [5, 5.41) is 3.61. The Labute approximate surface area is 292 Å². The Bertz CT molecular complexity index is 2590. The minimum atomic E-state index is -0.599. The van der Waals surface area contributed by atoms with Gasteiger partial charge in [-0.15, -0.1) is 20.5 Å². The molecule has 4 aromatic heterocycles. The Morgan fingerprint density at radius 2 is 1.63 bits per heavy atom. The molecule has 1 atom stereocenters. The fourth-order valence-electron chi connectivity index (χ4n) is 8.56. The van der Waals surface area contributed by atoms with Crippen molar-refractivity contribution in [3.63, 3.8) is 0 Å². The quantitative estimate of drug-likeness (QED) is 0.136. The summed E-state index contributed by atoms with van der Waals surface area (Å²) in [5.74, 6) is 0. The second-order valence-electron chi connectivity index (χ2n) is 15.1. The number of thiophene rings is 1. The molecule has 4 heteroatoms. The number of furan rings is 1. The van der Waals surface area contributed by atoms with Crippen LogP contribution in [-0.2, 0) is 17.5 Å². The van der Waals surface area contributed by atoms with Crippen molar-refractivity contribution in [3.05, 3.63) is 142 Å². The first-order valence-corrected chi connectivity index (χ1v) is 18.4. The van der Waals surface area contributed by atoms with Crippen LogP contribution in [0.5, 0.6) is 0 Å². The molecule has 0 fully saturated rings. The number of pyridine rings is 2. The first-order valence-electron chi connectivity index (χ1n) is 17.5. The van der Waals surface area contributed by atoms with E-state index in [4.69, 9.17) is 4.42 Å². The average molecular weight is 659 g/mol. The lowest BCUT2D eigenvalue weighted by molar-refractivity contribution is -0.955. The number of allylic oxidation sites excluding steroid dienone is 4. The van der Waals surface area contributed by atoms with E-state index in [9.17, 15) is 0 Å². The number of benzene rings is 3. The zero-order chi connectivity index (χ0) is 33.8. The molecule has 3 aromatic carbocycles. The lowest BCUT2D eigenvalue weighted by Gasteiger charge is -2.24. The predicted molar refractivity (Wildman–Crippen MR) is 203 cm³/mol. The summed E-state index contributed by atoms with van der Waals surface area (Å²) in [6, 6.07) is 27.5. The summed E-state index contributed by atoms with van der Waals surface area (Å²) in [7, 11) is 0. The lowest BCUT2D eigenvalue weighted by atomic mass is 9.82. The SMILES string of the molecule is CC/C=C\C=C(\C)Cc1cc2[n+](cc1C(C)(C)C)C1(c3ccccc3-c3ccc(C)c[n+]31)c1ccc3c(oc4c3ccc3cc(C)sc34)c1-2. The molecule has 6 heterocycles. The van der Waals surface area contributed by atoms with Crippen LogP contribution in [0, 0.1) is 13.8 Å². The minimum absolute atomic E-state index is 0.0671. The molecule has 1 spiro atoms. The Balaban J connectivity index is 1.44. The van der Waals surface area contributed by atoms with Crippen molar-refractivity contribution >= 4 is 43.4 Å². The Morgan fingerprint density at radius 1 is 0.857 bits per heavy atom. The molecule has 0 bridgehead atoms. The van der Waals surface area contributed by atoms with E-state index in [1.165, 1.54) is 81.6 Å². The van der Waals surface area contributed by atoms with Crippen molar-refractivity contribution in [2.24, 2.45) is 0 Å². The largest absolute Gasteiger partial charge is 0.454 e. The van der Waals surface area contributed by atoms with E-state index < -0.39 is 5.66 Å². The summed E-state index contributed by atoms with van der Waals surface area (Å²) in [5.41, 5.74) is 14.1. The van der Waals surface area contributed by atoms with Crippen LogP contribution in [0.1, 0.15) is 73.7 Å². The molecule has 2 aliphatic rings. The standard InChI is InChI=1S/C45H42N2OS/c1-8-9-10-13-27(2)22-31-24-39-40-36(20-19-32-33-18-17-30-23-29(4)49-43(30)42(33)48-41(32)40)45(47(39)26-37(31)44(5,6)7)35-15-12-11-14-34(35)38-21-16-28(3)25-46(38)45/h9-21,23-26H,8,22H2,1-7H3/q+2/b10-9-,27-13-. The van der Waals surface area contributed by atoms with E-state index >= 15 is 0 Å². The van der Waals surface area contributed by atoms with E-state index in [0.29, 0.717) is 0 Å². The van der Waals surface area contributed by atoms with Crippen LogP contribution in [-0.4, -0.2) is 0 Å². The maximum atomic E-state index is 7.13.